The molecule has 1 saturated heterocycles. The van der Waals surface area contributed by atoms with Gasteiger partial charge < -0.3 is 5.32 Å². The number of rotatable bonds is 5. The molecule has 6 heteroatoms. The third-order valence-electron chi connectivity index (χ3n) is 6.38. The first-order valence-corrected chi connectivity index (χ1v) is 10.5. The van der Waals surface area contributed by atoms with Crippen molar-refractivity contribution in [3.05, 3.63) is 59.9 Å². The van der Waals surface area contributed by atoms with Gasteiger partial charge in [-0.3, -0.25) is 9.58 Å². The summed E-state index contributed by atoms with van der Waals surface area (Å²) in [5, 5.41) is 16.9. The molecule has 2 aliphatic rings. The molecule has 1 N–H and O–H groups in total. The molecule has 2 aromatic heterocycles. The van der Waals surface area contributed by atoms with E-state index in [1.807, 2.05) is 37.0 Å². The second-order valence-electron chi connectivity index (χ2n) is 8.62. The highest BCUT2D eigenvalue weighted by atomic mass is 15.3. The van der Waals surface area contributed by atoms with Crippen LogP contribution >= 0.6 is 0 Å². The number of aryl methyl sites for hydroxylation is 2. The minimum atomic E-state index is 0.504. The molecular formula is C23H28N6. The van der Waals surface area contributed by atoms with Crippen LogP contribution in [0.5, 0.6) is 0 Å². The first-order chi connectivity index (χ1) is 14.1. The van der Waals surface area contributed by atoms with E-state index in [9.17, 15) is 0 Å². The predicted molar refractivity (Wildman–Crippen MR) is 114 cm³/mol. The standard InChI is InChI=1S/C23H28N6/c1-16-21(15-28(2)27-16)22-8-9-23(26-25-22)24-20-10-18-13-29(14-19(18)11-20)12-17-6-4-3-5-7-17/h3-9,15,18-20H,10-14H2,1-2H3,(H,24,26)/t18-,19+,20-. The third kappa shape index (κ3) is 3.90. The Balaban J connectivity index is 1.16. The summed E-state index contributed by atoms with van der Waals surface area (Å²) in [6, 6.07) is 15.4. The van der Waals surface area contributed by atoms with E-state index in [0.29, 0.717) is 6.04 Å². The molecule has 0 bridgehead atoms. The zero-order valence-corrected chi connectivity index (χ0v) is 17.1. The second-order valence-corrected chi connectivity index (χ2v) is 8.62. The molecule has 0 spiro atoms. The van der Waals surface area contributed by atoms with Crippen LogP contribution in [0.15, 0.2) is 48.7 Å². The molecule has 3 atom stereocenters. The number of benzene rings is 1. The third-order valence-corrected chi connectivity index (χ3v) is 6.38. The van der Waals surface area contributed by atoms with Gasteiger partial charge in [0.25, 0.3) is 0 Å². The van der Waals surface area contributed by atoms with Gasteiger partial charge in [-0.15, -0.1) is 10.2 Å². The Hall–Kier alpha value is -2.73. The van der Waals surface area contributed by atoms with Crippen LogP contribution in [-0.4, -0.2) is 44.0 Å². The smallest absolute Gasteiger partial charge is 0.148 e. The zero-order valence-electron chi connectivity index (χ0n) is 17.1. The summed E-state index contributed by atoms with van der Waals surface area (Å²) in [6.07, 6.45) is 4.44. The average molecular weight is 389 g/mol. The number of likely N-dealkylation sites (tertiary alicyclic amines) is 1. The van der Waals surface area contributed by atoms with Gasteiger partial charge in [0, 0.05) is 44.5 Å². The number of hydrogen-bond donors (Lipinski definition) is 1. The van der Waals surface area contributed by atoms with Gasteiger partial charge in [0.05, 0.1) is 11.4 Å². The molecule has 0 amide bonds. The molecule has 2 fully saturated rings. The van der Waals surface area contributed by atoms with E-state index in [1.54, 1.807) is 0 Å². The van der Waals surface area contributed by atoms with Gasteiger partial charge in [0.2, 0.25) is 0 Å². The van der Waals surface area contributed by atoms with Gasteiger partial charge in [-0.25, -0.2) is 0 Å². The molecule has 3 heterocycles. The molecule has 150 valence electrons. The number of fused-ring (bicyclic) bond motifs is 1. The SMILES string of the molecule is Cc1nn(C)cc1-c1ccc(N[C@@H]2C[C@@H]3CN(Cc4ccccc4)C[C@@H]3C2)nn1. The zero-order chi connectivity index (χ0) is 19.8. The molecule has 5 rings (SSSR count). The number of aromatic nitrogens is 4. The molecule has 3 aromatic rings. The Morgan fingerprint density at radius 1 is 1.00 bits per heavy atom. The molecular weight excluding hydrogens is 360 g/mol. The van der Waals surface area contributed by atoms with Crippen molar-refractivity contribution in [2.24, 2.45) is 18.9 Å². The van der Waals surface area contributed by atoms with E-state index >= 15 is 0 Å². The minimum absolute atomic E-state index is 0.504. The van der Waals surface area contributed by atoms with Crippen molar-refractivity contribution in [1.29, 1.82) is 0 Å². The van der Waals surface area contributed by atoms with Crippen molar-refractivity contribution in [3.63, 3.8) is 0 Å². The topological polar surface area (TPSA) is 58.9 Å². The molecule has 1 saturated carbocycles. The summed E-state index contributed by atoms with van der Waals surface area (Å²) >= 11 is 0. The first kappa shape index (κ1) is 18.3. The number of nitrogens with one attached hydrogen (secondary N) is 1. The number of hydrogen-bond acceptors (Lipinski definition) is 5. The van der Waals surface area contributed by atoms with Crippen molar-refractivity contribution in [3.8, 4) is 11.3 Å². The first-order valence-electron chi connectivity index (χ1n) is 10.5. The minimum Gasteiger partial charge on any atom is -0.366 e. The average Bonchev–Trinajstić information content (AvgIpc) is 3.36. The summed E-state index contributed by atoms with van der Waals surface area (Å²) in [4.78, 5) is 2.62. The van der Waals surface area contributed by atoms with E-state index < -0.39 is 0 Å². The molecule has 1 aliphatic heterocycles. The van der Waals surface area contributed by atoms with Crippen LogP contribution in [0.3, 0.4) is 0 Å². The van der Waals surface area contributed by atoms with Crippen LogP contribution in [0.2, 0.25) is 0 Å². The predicted octanol–water partition coefficient (Wildman–Crippen LogP) is 3.51. The lowest BCUT2D eigenvalue weighted by Crippen LogP contribution is -2.25. The lowest BCUT2D eigenvalue weighted by atomic mass is 10.0. The van der Waals surface area contributed by atoms with Crippen LogP contribution in [0.4, 0.5) is 5.82 Å². The maximum atomic E-state index is 4.43. The van der Waals surface area contributed by atoms with Crippen LogP contribution in [0, 0.1) is 18.8 Å². The van der Waals surface area contributed by atoms with E-state index in [-0.39, 0.29) is 0 Å². The molecule has 0 radical (unpaired) electrons. The summed E-state index contributed by atoms with van der Waals surface area (Å²) in [5.74, 6) is 2.46. The monoisotopic (exact) mass is 388 g/mol. The van der Waals surface area contributed by atoms with E-state index in [0.717, 1.165) is 41.1 Å². The summed E-state index contributed by atoms with van der Waals surface area (Å²) < 4.78 is 1.82. The molecule has 1 aliphatic carbocycles. The fourth-order valence-electron chi connectivity index (χ4n) is 5.10. The van der Waals surface area contributed by atoms with Crippen LogP contribution in [0.25, 0.3) is 11.3 Å². The van der Waals surface area contributed by atoms with E-state index in [4.69, 9.17) is 0 Å². The lowest BCUT2D eigenvalue weighted by molar-refractivity contribution is 0.301. The van der Waals surface area contributed by atoms with Gasteiger partial charge in [-0.2, -0.15) is 5.10 Å². The van der Waals surface area contributed by atoms with Crippen LogP contribution in [-0.2, 0) is 13.6 Å². The Kier molecular flexibility index (Phi) is 4.79. The summed E-state index contributed by atoms with van der Waals surface area (Å²) in [6.45, 7) is 5.50. The molecule has 1 aromatic carbocycles. The van der Waals surface area contributed by atoms with Crippen LogP contribution < -0.4 is 5.32 Å². The highest BCUT2D eigenvalue weighted by Crippen LogP contribution is 2.39. The Labute approximate surface area is 172 Å². The fraction of sp³-hybridized carbons (Fsp3) is 0.435. The summed E-state index contributed by atoms with van der Waals surface area (Å²) in [5.41, 5.74) is 4.31. The fourth-order valence-corrected chi connectivity index (χ4v) is 5.10. The highest BCUT2D eigenvalue weighted by Gasteiger charge is 2.40. The number of anilines is 1. The maximum Gasteiger partial charge on any atom is 0.148 e. The van der Waals surface area contributed by atoms with E-state index in [2.05, 4.69) is 55.8 Å². The highest BCUT2D eigenvalue weighted by molar-refractivity contribution is 5.61. The van der Waals surface area contributed by atoms with Gasteiger partial charge in [-0.05, 0) is 49.3 Å². The van der Waals surface area contributed by atoms with Crippen molar-refractivity contribution in [2.45, 2.75) is 32.4 Å². The molecule has 29 heavy (non-hydrogen) atoms. The van der Waals surface area contributed by atoms with Gasteiger partial charge in [0.15, 0.2) is 0 Å². The quantitative estimate of drug-likeness (QED) is 0.725. The Morgan fingerprint density at radius 2 is 1.76 bits per heavy atom. The van der Waals surface area contributed by atoms with Gasteiger partial charge in [-0.1, -0.05) is 30.3 Å². The van der Waals surface area contributed by atoms with E-state index in [1.165, 1.54) is 31.5 Å². The maximum absolute atomic E-state index is 4.43. The number of nitrogens with zero attached hydrogens (tertiary/aromatic N) is 5. The lowest BCUT2D eigenvalue weighted by Gasteiger charge is -2.19. The van der Waals surface area contributed by atoms with Gasteiger partial charge >= 0.3 is 0 Å². The largest absolute Gasteiger partial charge is 0.366 e. The Bertz CT molecular complexity index is 951. The van der Waals surface area contributed by atoms with Crippen LogP contribution in [0.1, 0.15) is 24.1 Å². The Morgan fingerprint density at radius 3 is 2.38 bits per heavy atom. The van der Waals surface area contributed by atoms with Crippen molar-refractivity contribution < 1.29 is 0 Å². The van der Waals surface area contributed by atoms with Gasteiger partial charge in [0.1, 0.15) is 5.82 Å². The van der Waals surface area contributed by atoms with Crippen molar-refractivity contribution in [2.75, 3.05) is 18.4 Å². The molecule has 0 unspecified atom stereocenters. The summed E-state index contributed by atoms with van der Waals surface area (Å²) in [7, 11) is 1.93. The normalized spacial score (nSPS) is 24.0. The van der Waals surface area contributed by atoms with Crippen molar-refractivity contribution in [1.82, 2.24) is 24.9 Å². The molecule has 6 nitrogen and oxygen atoms in total. The second kappa shape index (κ2) is 7.59. The van der Waals surface area contributed by atoms with Crippen molar-refractivity contribution >= 4 is 5.82 Å².